The minimum Gasteiger partial charge on any atom is -0.497 e. The number of methoxy groups -OCH3 is 2. The summed E-state index contributed by atoms with van der Waals surface area (Å²) in [5.41, 5.74) is 3.20. The Kier molecular flexibility index (Phi) is 4.95. The molecule has 2 aromatic carbocycles. The molecule has 0 saturated carbocycles. The van der Waals surface area contributed by atoms with Crippen LogP contribution in [0.2, 0.25) is 0 Å². The number of amides is 1. The first-order chi connectivity index (χ1) is 12.1. The molecule has 0 fully saturated rings. The fourth-order valence-electron chi connectivity index (χ4n) is 2.40. The molecule has 0 aliphatic heterocycles. The number of aromatic nitrogens is 2. The molecule has 128 valence electrons. The number of carbonyl (C=O) groups excluding carboxylic acids is 1. The molecule has 0 aliphatic carbocycles. The van der Waals surface area contributed by atoms with E-state index < -0.39 is 0 Å². The smallest absolute Gasteiger partial charge is 0.269 e. The van der Waals surface area contributed by atoms with Gasteiger partial charge < -0.3 is 14.8 Å². The number of anilines is 1. The summed E-state index contributed by atoms with van der Waals surface area (Å²) in [5, 5.41) is 6.70. The highest BCUT2D eigenvalue weighted by molar-refractivity contribution is 7.08. The number of hydrogen-bond acceptors (Lipinski definition) is 6. The minimum absolute atomic E-state index is 0.209. The fraction of sp³-hybridized carbons (Fsp3) is 0.167. The molecule has 0 saturated heterocycles. The van der Waals surface area contributed by atoms with Crippen LogP contribution in [-0.2, 0) is 0 Å². The van der Waals surface area contributed by atoms with Crippen molar-refractivity contribution in [2.24, 2.45) is 0 Å². The molecule has 0 unspecified atom stereocenters. The van der Waals surface area contributed by atoms with Crippen molar-refractivity contribution in [2.75, 3.05) is 19.5 Å². The van der Waals surface area contributed by atoms with Gasteiger partial charge >= 0.3 is 0 Å². The lowest BCUT2D eigenvalue weighted by Crippen LogP contribution is -2.11. The molecule has 3 rings (SSSR count). The van der Waals surface area contributed by atoms with Gasteiger partial charge in [0.15, 0.2) is 0 Å². The van der Waals surface area contributed by atoms with E-state index >= 15 is 0 Å². The second-order valence-electron chi connectivity index (χ2n) is 5.29. The predicted molar refractivity (Wildman–Crippen MR) is 97.6 cm³/mol. The van der Waals surface area contributed by atoms with Crippen molar-refractivity contribution in [1.82, 2.24) is 9.59 Å². The summed E-state index contributed by atoms with van der Waals surface area (Å²) in [7, 11) is 3.26. The maximum Gasteiger partial charge on any atom is 0.269 e. The summed E-state index contributed by atoms with van der Waals surface area (Å²) in [6.07, 6.45) is 0. The molecule has 3 aromatic rings. The van der Waals surface area contributed by atoms with E-state index in [1.54, 1.807) is 21.1 Å². The maximum absolute atomic E-state index is 12.2. The van der Waals surface area contributed by atoms with Crippen LogP contribution < -0.4 is 14.8 Å². The van der Waals surface area contributed by atoms with Crippen LogP contribution in [0.5, 0.6) is 11.5 Å². The second kappa shape index (κ2) is 7.31. The lowest BCUT2D eigenvalue weighted by atomic mass is 10.0. The van der Waals surface area contributed by atoms with Gasteiger partial charge in [0, 0.05) is 11.3 Å². The number of hydrogen-bond donors (Lipinski definition) is 1. The van der Waals surface area contributed by atoms with Gasteiger partial charge in [0.25, 0.3) is 5.91 Å². The average Bonchev–Trinajstić information content (AvgIpc) is 3.08. The number of nitrogens with zero attached hydrogens (tertiary/aromatic N) is 2. The first-order valence-corrected chi connectivity index (χ1v) is 8.32. The third-order valence-electron chi connectivity index (χ3n) is 3.72. The number of nitrogens with one attached hydrogen (secondary N) is 1. The number of aryl methyl sites for hydroxylation is 1. The molecule has 0 aliphatic rings. The molecule has 0 bridgehead atoms. The average molecular weight is 355 g/mol. The molecule has 25 heavy (non-hydrogen) atoms. The predicted octanol–water partition coefficient (Wildman–Crippen LogP) is 3.78. The zero-order valence-electron chi connectivity index (χ0n) is 14.1. The van der Waals surface area contributed by atoms with Crippen molar-refractivity contribution >= 4 is 23.1 Å². The topological polar surface area (TPSA) is 73.3 Å². The highest BCUT2D eigenvalue weighted by Crippen LogP contribution is 2.34. The van der Waals surface area contributed by atoms with Crippen LogP contribution in [0, 0.1) is 6.92 Å². The Labute approximate surface area is 149 Å². The van der Waals surface area contributed by atoms with Gasteiger partial charge in [0.1, 0.15) is 16.4 Å². The first kappa shape index (κ1) is 16.9. The maximum atomic E-state index is 12.2. The minimum atomic E-state index is -0.209. The molecule has 1 heterocycles. The number of rotatable bonds is 5. The molecule has 0 radical (unpaired) electrons. The van der Waals surface area contributed by atoms with Crippen LogP contribution in [0.1, 0.15) is 15.4 Å². The van der Waals surface area contributed by atoms with Gasteiger partial charge in [0.05, 0.1) is 19.9 Å². The summed E-state index contributed by atoms with van der Waals surface area (Å²) >= 11 is 1.08. The van der Waals surface area contributed by atoms with Crippen LogP contribution in [0.15, 0.2) is 42.5 Å². The number of carbonyl (C=O) groups is 1. The van der Waals surface area contributed by atoms with Gasteiger partial charge in [0.2, 0.25) is 0 Å². The van der Waals surface area contributed by atoms with Crippen molar-refractivity contribution in [3.05, 3.63) is 53.0 Å². The highest BCUT2D eigenvalue weighted by Gasteiger charge is 2.13. The molecule has 6 nitrogen and oxygen atoms in total. The van der Waals surface area contributed by atoms with E-state index in [1.165, 1.54) is 0 Å². The van der Waals surface area contributed by atoms with E-state index in [2.05, 4.69) is 14.9 Å². The molecule has 1 N–H and O–H groups in total. The van der Waals surface area contributed by atoms with Crippen molar-refractivity contribution < 1.29 is 14.3 Å². The second-order valence-corrected chi connectivity index (χ2v) is 6.04. The van der Waals surface area contributed by atoms with E-state index in [9.17, 15) is 4.79 Å². The van der Waals surface area contributed by atoms with E-state index in [4.69, 9.17) is 9.47 Å². The molecule has 1 aromatic heterocycles. The number of benzene rings is 2. The Balaban J connectivity index is 1.83. The van der Waals surface area contributed by atoms with E-state index in [0.29, 0.717) is 16.3 Å². The molecule has 0 spiro atoms. The van der Waals surface area contributed by atoms with Crippen LogP contribution in [0.3, 0.4) is 0 Å². The van der Waals surface area contributed by atoms with Crippen LogP contribution in [-0.4, -0.2) is 29.7 Å². The Morgan fingerprint density at radius 1 is 1.08 bits per heavy atom. The SMILES string of the molecule is COc1ccc(OC)c(-c2ccc(NC(=O)c3snnc3C)cc2)c1. The molecular weight excluding hydrogens is 338 g/mol. The summed E-state index contributed by atoms with van der Waals surface area (Å²) in [5.74, 6) is 1.30. The van der Waals surface area contributed by atoms with Gasteiger partial charge in [-0.15, -0.1) is 5.10 Å². The van der Waals surface area contributed by atoms with Gasteiger partial charge in [-0.1, -0.05) is 16.6 Å². The zero-order chi connectivity index (χ0) is 17.8. The largest absolute Gasteiger partial charge is 0.497 e. The molecule has 7 heteroatoms. The van der Waals surface area contributed by atoms with Gasteiger partial charge in [-0.05, 0) is 54.4 Å². The summed E-state index contributed by atoms with van der Waals surface area (Å²) < 4.78 is 14.5. The molecule has 1 amide bonds. The van der Waals surface area contributed by atoms with Gasteiger partial charge in [-0.2, -0.15) is 0 Å². The van der Waals surface area contributed by atoms with Crippen molar-refractivity contribution in [2.45, 2.75) is 6.92 Å². The Bertz CT molecular complexity index is 891. The third-order valence-corrected chi connectivity index (χ3v) is 4.54. The van der Waals surface area contributed by atoms with E-state index in [0.717, 1.165) is 34.2 Å². The van der Waals surface area contributed by atoms with Gasteiger partial charge in [-0.3, -0.25) is 4.79 Å². The lowest BCUT2D eigenvalue weighted by Gasteiger charge is -2.11. The summed E-state index contributed by atoms with van der Waals surface area (Å²) in [4.78, 5) is 12.7. The third kappa shape index (κ3) is 3.61. The van der Waals surface area contributed by atoms with Gasteiger partial charge in [-0.25, -0.2) is 0 Å². The zero-order valence-corrected chi connectivity index (χ0v) is 14.9. The van der Waals surface area contributed by atoms with Crippen LogP contribution in [0.25, 0.3) is 11.1 Å². The normalized spacial score (nSPS) is 10.4. The van der Waals surface area contributed by atoms with Crippen LogP contribution in [0.4, 0.5) is 5.69 Å². The Morgan fingerprint density at radius 3 is 2.44 bits per heavy atom. The Hall–Kier alpha value is -2.93. The van der Waals surface area contributed by atoms with Crippen LogP contribution >= 0.6 is 11.5 Å². The standard InChI is InChI=1S/C18H17N3O3S/c1-11-17(25-21-20-11)18(22)19-13-6-4-12(5-7-13)15-10-14(23-2)8-9-16(15)24-3/h4-10H,1-3H3,(H,19,22). The molecular formula is C18H17N3O3S. The van der Waals surface area contributed by atoms with Crippen molar-refractivity contribution in [3.8, 4) is 22.6 Å². The summed E-state index contributed by atoms with van der Waals surface area (Å²) in [6, 6.07) is 13.2. The Morgan fingerprint density at radius 2 is 1.84 bits per heavy atom. The van der Waals surface area contributed by atoms with E-state index in [1.807, 2.05) is 42.5 Å². The first-order valence-electron chi connectivity index (χ1n) is 7.55. The molecule has 0 atom stereocenters. The van der Waals surface area contributed by atoms with Crippen molar-refractivity contribution in [1.29, 1.82) is 0 Å². The number of ether oxygens (including phenoxy) is 2. The van der Waals surface area contributed by atoms with E-state index in [-0.39, 0.29) is 5.91 Å². The summed E-state index contributed by atoms with van der Waals surface area (Å²) in [6.45, 7) is 1.76. The monoisotopic (exact) mass is 355 g/mol. The lowest BCUT2D eigenvalue weighted by molar-refractivity contribution is 0.103. The quantitative estimate of drug-likeness (QED) is 0.754. The highest BCUT2D eigenvalue weighted by atomic mass is 32.1. The fourth-order valence-corrected chi connectivity index (χ4v) is 2.95. The van der Waals surface area contributed by atoms with Crippen molar-refractivity contribution in [3.63, 3.8) is 0 Å².